The van der Waals surface area contributed by atoms with Gasteiger partial charge in [0, 0.05) is 13.1 Å². The number of hydrogen-bond donors (Lipinski definition) is 1. The number of rotatable bonds is 5. The predicted octanol–water partition coefficient (Wildman–Crippen LogP) is 1.08. The molecule has 11 heteroatoms. The highest BCUT2D eigenvalue weighted by Crippen LogP contribution is 2.21. The van der Waals surface area contributed by atoms with Gasteiger partial charge in [-0.1, -0.05) is 0 Å². The van der Waals surface area contributed by atoms with E-state index in [4.69, 9.17) is 0 Å². The Balaban J connectivity index is 2.84. The molecule has 0 atom stereocenters. The van der Waals surface area contributed by atoms with E-state index in [1.165, 1.54) is 12.3 Å². The highest BCUT2D eigenvalue weighted by molar-refractivity contribution is 7.89. The van der Waals surface area contributed by atoms with Gasteiger partial charge in [0.25, 0.3) is 0 Å². The number of nitrogens with zero attached hydrogens (tertiary/aromatic N) is 2. The number of sulfonamides is 1. The standard InChI is InChI=1S/C10H16F3N3O4S/c1-2-20-9(17)15-14-8(10(11,12)13)7-21(18,19)16-5-3-4-6-16/h2-7H2,1H3,(H,15,17)/b14-8+. The molecule has 1 amide bonds. The zero-order chi connectivity index (χ0) is 16.1. The van der Waals surface area contributed by atoms with E-state index in [0.717, 1.165) is 4.31 Å². The lowest BCUT2D eigenvalue weighted by Crippen LogP contribution is -2.39. The maximum atomic E-state index is 12.8. The molecule has 1 N–H and O–H groups in total. The first-order valence-corrected chi connectivity index (χ1v) is 7.82. The van der Waals surface area contributed by atoms with E-state index in [0.29, 0.717) is 12.8 Å². The van der Waals surface area contributed by atoms with Crippen LogP contribution < -0.4 is 5.43 Å². The molecule has 0 aliphatic carbocycles. The van der Waals surface area contributed by atoms with Gasteiger partial charge in [-0.2, -0.15) is 18.3 Å². The lowest BCUT2D eigenvalue weighted by molar-refractivity contribution is -0.0594. The van der Waals surface area contributed by atoms with Crippen LogP contribution in [0.1, 0.15) is 19.8 Å². The Morgan fingerprint density at radius 1 is 1.33 bits per heavy atom. The van der Waals surface area contributed by atoms with Crippen LogP contribution in [-0.2, 0) is 14.8 Å². The molecule has 0 radical (unpaired) electrons. The van der Waals surface area contributed by atoms with Crippen molar-refractivity contribution in [1.29, 1.82) is 0 Å². The summed E-state index contributed by atoms with van der Waals surface area (Å²) in [6.07, 6.45) is -4.93. The maximum absolute atomic E-state index is 12.8. The first kappa shape index (κ1) is 17.7. The first-order chi connectivity index (χ1) is 9.66. The molecule has 0 aromatic heterocycles. The fourth-order valence-corrected chi connectivity index (χ4v) is 3.26. The number of hydrazone groups is 1. The lowest BCUT2D eigenvalue weighted by Gasteiger charge is -2.17. The molecule has 122 valence electrons. The van der Waals surface area contributed by atoms with Crippen LogP contribution in [0.15, 0.2) is 5.10 Å². The zero-order valence-corrected chi connectivity index (χ0v) is 12.1. The summed E-state index contributed by atoms with van der Waals surface area (Å²) in [5.74, 6) is -1.32. The molecule has 0 unspecified atom stereocenters. The summed E-state index contributed by atoms with van der Waals surface area (Å²) < 4.78 is 67.4. The fraction of sp³-hybridized carbons (Fsp3) is 0.800. The second-order valence-electron chi connectivity index (χ2n) is 4.25. The molecule has 0 aromatic rings. The van der Waals surface area contributed by atoms with Crippen LogP contribution in [0.25, 0.3) is 0 Å². The third kappa shape index (κ3) is 5.50. The number of alkyl halides is 3. The lowest BCUT2D eigenvalue weighted by atomic mass is 10.4. The molecular weight excluding hydrogens is 315 g/mol. The van der Waals surface area contributed by atoms with Gasteiger partial charge in [-0.25, -0.2) is 22.9 Å². The predicted molar refractivity (Wildman–Crippen MR) is 68.2 cm³/mol. The Labute approximate surface area is 120 Å². The normalized spacial score (nSPS) is 17.8. The van der Waals surface area contributed by atoms with E-state index in [-0.39, 0.29) is 19.7 Å². The summed E-state index contributed by atoms with van der Waals surface area (Å²) in [6.45, 7) is 1.80. The Hall–Kier alpha value is -1.36. The van der Waals surface area contributed by atoms with Gasteiger partial charge in [-0.3, -0.25) is 0 Å². The van der Waals surface area contributed by atoms with Crippen LogP contribution in [0, 0.1) is 0 Å². The van der Waals surface area contributed by atoms with E-state index in [9.17, 15) is 26.4 Å². The third-order valence-corrected chi connectivity index (χ3v) is 4.45. The molecule has 1 saturated heterocycles. The van der Waals surface area contributed by atoms with Crippen molar-refractivity contribution in [3.8, 4) is 0 Å². The molecule has 21 heavy (non-hydrogen) atoms. The molecule has 1 aliphatic rings. The van der Waals surface area contributed by atoms with Crippen LogP contribution in [0.5, 0.6) is 0 Å². The van der Waals surface area contributed by atoms with Crippen molar-refractivity contribution in [2.75, 3.05) is 25.4 Å². The Kier molecular flexibility index (Phi) is 5.96. The van der Waals surface area contributed by atoms with Gasteiger partial charge in [0.05, 0.1) is 6.61 Å². The number of amides is 1. The van der Waals surface area contributed by atoms with Crippen molar-refractivity contribution >= 4 is 21.8 Å². The monoisotopic (exact) mass is 331 g/mol. The number of halogens is 3. The number of hydrogen-bond acceptors (Lipinski definition) is 5. The minimum absolute atomic E-state index is 0.0468. The molecule has 1 rings (SSSR count). The Morgan fingerprint density at radius 3 is 2.38 bits per heavy atom. The summed E-state index contributed by atoms with van der Waals surface area (Å²) in [6, 6.07) is 0. The molecule has 0 saturated carbocycles. The fourth-order valence-electron chi connectivity index (χ4n) is 1.68. The highest BCUT2D eigenvalue weighted by Gasteiger charge is 2.41. The second kappa shape index (κ2) is 7.07. The van der Waals surface area contributed by atoms with E-state index in [2.05, 4.69) is 9.84 Å². The summed E-state index contributed by atoms with van der Waals surface area (Å²) >= 11 is 0. The summed E-state index contributed by atoms with van der Waals surface area (Å²) in [4.78, 5) is 10.9. The van der Waals surface area contributed by atoms with Crippen molar-refractivity contribution in [3.63, 3.8) is 0 Å². The Bertz CT molecular complexity index is 498. The van der Waals surface area contributed by atoms with E-state index in [1.54, 1.807) is 0 Å². The maximum Gasteiger partial charge on any atom is 0.432 e. The van der Waals surface area contributed by atoms with Crippen LogP contribution in [0.2, 0.25) is 0 Å². The second-order valence-corrected chi connectivity index (χ2v) is 6.22. The average molecular weight is 331 g/mol. The van der Waals surface area contributed by atoms with Gasteiger partial charge < -0.3 is 4.74 Å². The summed E-state index contributed by atoms with van der Waals surface area (Å²) in [5.41, 5.74) is -0.0677. The Morgan fingerprint density at radius 2 is 1.90 bits per heavy atom. The van der Waals surface area contributed by atoms with Crippen molar-refractivity contribution in [2.45, 2.75) is 25.9 Å². The minimum atomic E-state index is -4.97. The number of ether oxygens (including phenoxy) is 1. The van der Waals surface area contributed by atoms with Gasteiger partial charge in [-0.05, 0) is 19.8 Å². The zero-order valence-electron chi connectivity index (χ0n) is 11.3. The summed E-state index contributed by atoms with van der Waals surface area (Å²) in [5, 5.41) is 2.83. The van der Waals surface area contributed by atoms with Crippen LogP contribution in [0.3, 0.4) is 0 Å². The molecule has 0 bridgehead atoms. The third-order valence-electron chi connectivity index (χ3n) is 2.66. The van der Waals surface area contributed by atoms with Crippen LogP contribution in [-0.4, -0.2) is 56.2 Å². The van der Waals surface area contributed by atoms with E-state index >= 15 is 0 Å². The number of carbonyl (C=O) groups excluding carboxylic acids is 1. The van der Waals surface area contributed by atoms with Gasteiger partial charge >= 0.3 is 12.3 Å². The van der Waals surface area contributed by atoms with E-state index < -0.39 is 33.8 Å². The number of carbonyl (C=O) groups is 1. The molecular formula is C10H16F3N3O4S. The molecule has 7 nitrogen and oxygen atoms in total. The van der Waals surface area contributed by atoms with Crippen LogP contribution in [0.4, 0.5) is 18.0 Å². The SMILES string of the molecule is CCOC(=O)N/N=C(\CS(=O)(=O)N1CCCC1)C(F)(F)F. The number of nitrogens with one attached hydrogen (secondary N) is 1. The minimum Gasteiger partial charge on any atom is -0.449 e. The van der Waals surface area contributed by atoms with E-state index in [1.807, 2.05) is 0 Å². The first-order valence-electron chi connectivity index (χ1n) is 6.21. The van der Waals surface area contributed by atoms with Crippen molar-refractivity contribution in [2.24, 2.45) is 5.10 Å². The van der Waals surface area contributed by atoms with Crippen molar-refractivity contribution in [3.05, 3.63) is 0 Å². The quantitative estimate of drug-likeness (QED) is 0.603. The highest BCUT2D eigenvalue weighted by atomic mass is 32.2. The van der Waals surface area contributed by atoms with Gasteiger partial charge in [0.15, 0.2) is 5.71 Å². The smallest absolute Gasteiger partial charge is 0.432 e. The van der Waals surface area contributed by atoms with Gasteiger partial charge in [0.1, 0.15) is 5.75 Å². The van der Waals surface area contributed by atoms with Crippen LogP contribution >= 0.6 is 0 Å². The molecule has 0 spiro atoms. The van der Waals surface area contributed by atoms with Crippen molar-refractivity contribution in [1.82, 2.24) is 9.73 Å². The summed E-state index contributed by atoms with van der Waals surface area (Å²) in [7, 11) is -4.11. The molecule has 1 aliphatic heterocycles. The molecule has 0 aromatic carbocycles. The topological polar surface area (TPSA) is 88.1 Å². The van der Waals surface area contributed by atoms with Gasteiger partial charge in [-0.15, -0.1) is 0 Å². The van der Waals surface area contributed by atoms with Gasteiger partial charge in [0.2, 0.25) is 10.0 Å². The largest absolute Gasteiger partial charge is 0.449 e. The molecule has 1 heterocycles. The molecule has 1 fully saturated rings. The van der Waals surface area contributed by atoms with Crippen molar-refractivity contribution < 1.29 is 31.1 Å². The average Bonchev–Trinajstić information content (AvgIpc) is 2.87.